The van der Waals surface area contributed by atoms with Crippen molar-refractivity contribution in [1.29, 1.82) is 0 Å². The summed E-state index contributed by atoms with van der Waals surface area (Å²) in [7, 11) is 0. The number of carbonyl (C=O) groups excluding carboxylic acids is 1. The second-order valence-corrected chi connectivity index (χ2v) is 4.12. The van der Waals surface area contributed by atoms with Gasteiger partial charge in [-0.05, 0) is 5.56 Å². The first-order valence-electron chi connectivity index (χ1n) is 5.72. The van der Waals surface area contributed by atoms with Crippen molar-refractivity contribution in [2.75, 3.05) is 13.1 Å². The maximum Gasteiger partial charge on any atom is 0.224 e. The molecule has 1 rings (SSSR count). The molecule has 0 saturated heterocycles. The maximum atomic E-state index is 11.5. The third kappa shape index (κ3) is 5.51. The van der Waals surface area contributed by atoms with Gasteiger partial charge >= 0.3 is 0 Å². The van der Waals surface area contributed by atoms with Gasteiger partial charge in [0.15, 0.2) is 0 Å². The summed E-state index contributed by atoms with van der Waals surface area (Å²) in [6.45, 7) is 5.68. The Morgan fingerprint density at radius 3 is 2.50 bits per heavy atom. The van der Waals surface area contributed by atoms with Crippen molar-refractivity contribution in [2.45, 2.75) is 26.3 Å². The third-order valence-electron chi connectivity index (χ3n) is 2.21. The minimum Gasteiger partial charge on any atom is -0.355 e. The predicted octanol–water partition coefficient (Wildman–Crippen LogP) is 1.34. The second-order valence-electron chi connectivity index (χ2n) is 4.12. The molecule has 2 N–H and O–H groups in total. The lowest BCUT2D eigenvalue weighted by molar-refractivity contribution is -0.120. The normalized spacial score (nSPS) is 10.4. The Labute approximate surface area is 97.2 Å². The Balaban J connectivity index is 2.17. The lowest BCUT2D eigenvalue weighted by Gasteiger charge is -2.09. The lowest BCUT2D eigenvalue weighted by atomic mass is 10.1. The molecule has 0 fully saturated rings. The number of hydrogen-bond acceptors (Lipinski definition) is 2. The van der Waals surface area contributed by atoms with E-state index < -0.39 is 0 Å². The van der Waals surface area contributed by atoms with Crippen molar-refractivity contribution < 1.29 is 4.79 Å². The lowest BCUT2D eigenvalue weighted by Crippen LogP contribution is -2.35. The molecule has 0 spiro atoms. The number of hydrogen-bond donors (Lipinski definition) is 2. The van der Waals surface area contributed by atoms with Crippen LogP contribution in [0.25, 0.3) is 0 Å². The highest BCUT2D eigenvalue weighted by molar-refractivity contribution is 5.78. The molecule has 0 saturated carbocycles. The van der Waals surface area contributed by atoms with Gasteiger partial charge in [-0.25, -0.2) is 0 Å². The molecule has 0 heterocycles. The van der Waals surface area contributed by atoms with E-state index in [0.717, 1.165) is 12.1 Å². The molecule has 3 heteroatoms. The molecule has 1 amide bonds. The van der Waals surface area contributed by atoms with Crippen LogP contribution in [0.3, 0.4) is 0 Å². The molecule has 0 radical (unpaired) electrons. The molecule has 0 atom stereocenters. The van der Waals surface area contributed by atoms with Gasteiger partial charge in [0.25, 0.3) is 0 Å². The monoisotopic (exact) mass is 220 g/mol. The van der Waals surface area contributed by atoms with Crippen LogP contribution < -0.4 is 10.6 Å². The van der Waals surface area contributed by atoms with Gasteiger partial charge in [-0.2, -0.15) is 0 Å². The van der Waals surface area contributed by atoms with Crippen LogP contribution in [0, 0.1) is 0 Å². The summed E-state index contributed by atoms with van der Waals surface area (Å²) in [5.41, 5.74) is 1.05. The maximum absolute atomic E-state index is 11.5. The SMILES string of the molecule is CC(C)NCCNC(=O)Cc1ccccc1. The van der Waals surface area contributed by atoms with E-state index in [4.69, 9.17) is 0 Å². The largest absolute Gasteiger partial charge is 0.355 e. The number of carbonyl (C=O) groups is 1. The Kier molecular flexibility index (Phi) is 5.57. The van der Waals surface area contributed by atoms with Gasteiger partial charge in [-0.1, -0.05) is 44.2 Å². The van der Waals surface area contributed by atoms with Crippen LogP contribution >= 0.6 is 0 Å². The molecule has 1 aromatic carbocycles. The molecular weight excluding hydrogens is 200 g/mol. The minimum atomic E-state index is 0.0803. The fraction of sp³-hybridized carbons (Fsp3) is 0.462. The van der Waals surface area contributed by atoms with Gasteiger partial charge in [0.2, 0.25) is 5.91 Å². The topological polar surface area (TPSA) is 41.1 Å². The molecule has 3 nitrogen and oxygen atoms in total. The van der Waals surface area contributed by atoms with Crippen LogP contribution in [-0.4, -0.2) is 25.0 Å². The number of nitrogens with one attached hydrogen (secondary N) is 2. The Bertz CT molecular complexity index is 309. The zero-order chi connectivity index (χ0) is 11.8. The molecule has 0 unspecified atom stereocenters. The van der Waals surface area contributed by atoms with E-state index >= 15 is 0 Å². The molecule has 16 heavy (non-hydrogen) atoms. The van der Waals surface area contributed by atoms with E-state index in [9.17, 15) is 4.79 Å². The van der Waals surface area contributed by atoms with Crippen LogP contribution in [0.2, 0.25) is 0 Å². The minimum absolute atomic E-state index is 0.0803. The van der Waals surface area contributed by atoms with Crippen molar-refractivity contribution >= 4 is 5.91 Å². The second kappa shape index (κ2) is 7.01. The van der Waals surface area contributed by atoms with E-state index in [1.165, 1.54) is 0 Å². The average molecular weight is 220 g/mol. The van der Waals surface area contributed by atoms with Gasteiger partial charge in [0.1, 0.15) is 0 Å². The van der Waals surface area contributed by atoms with Gasteiger partial charge < -0.3 is 10.6 Å². The number of rotatable bonds is 6. The molecule has 1 aromatic rings. The van der Waals surface area contributed by atoms with Crippen LogP contribution in [0.1, 0.15) is 19.4 Å². The highest BCUT2D eigenvalue weighted by atomic mass is 16.1. The zero-order valence-electron chi connectivity index (χ0n) is 9.99. The number of benzene rings is 1. The van der Waals surface area contributed by atoms with Crippen LogP contribution in [0.5, 0.6) is 0 Å². The first kappa shape index (κ1) is 12.7. The Morgan fingerprint density at radius 1 is 1.19 bits per heavy atom. The first-order chi connectivity index (χ1) is 7.68. The molecule has 0 aliphatic rings. The van der Waals surface area contributed by atoms with Crippen LogP contribution in [0.4, 0.5) is 0 Å². The van der Waals surface area contributed by atoms with E-state index in [0.29, 0.717) is 19.0 Å². The smallest absolute Gasteiger partial charge is 0.224 e. The summed E-state index contributed by atoms with van der Waals surface area (Å²) in [5.74, 6) is 0.0803. The van der Waals surface area contributed by atoms with E-state index in [-0.39, 0.29) is 5.91 Å². The summed E-state index contributed by atoms with van der Waals surface area (Å²) in [6, 6.07) is 10.2. The molecular formula is C13H20N2O. The molecule has 0 aliphatic heterocycles. The van der Waals surface area contributed by atoms with Crippen molar-refractivity contribution in [1.82, 2.24) is 10.6 Å². The zero-order valence-corrected chi connectivity index (χ0v) is 9.99. The van der Waals surface area contributed by atoms with Gasteiger partial charge in [-0.15, -0.1) is 0 Å². The highest BCUT2D eigenvalue weighted by Gasteiger charge is 2.01. The summed E-state index contributed by atoms with van der Waals surface area (Å²) < 4.78 is 0. The Hall–Kier alpha value is -1.35. The van der Waals surface area contributed by atoms with E-state index in [2.05, 4.69) is 24.5 Å². The standard InChI is InChI=1S/C13H20N2O/c1-11(2)14-8-9-15-13(16)10-12-6-4-3-5-7-12/h3-7,11,14H,8-10H2,1-2H3,(H,15,16). The fourth-order valence-corrected chi connectivity index (χ4v) is 1.41. The molecule has 88 valence electrons. The van der Waals surface area contributed by atoms with Gasteiger partial charge in [0, 0.05) is 19.1 Å². The quantitative estimate of drug-likeness (QED) is 0.710. The van der Waals surface area contributed by atoms with E-state index in [1.54, 1.807) is 0 Å². The summed E-state index contributed by atoms with van der Waals surface area (Å²) >= 11 is 0. The fourth-order valence-electron chi connectivity index (χ4n) is 1.41. The number of amides is 1. The molecule has 0 bridgehead atoms. The Morgan fingerprint density at radius 2 is 1.88 bits per heavy atom. The van der Waals surface area contributed by atoms with Gasteiger partial charge in [-0.3, -0.25) is 4.79 Å². The van der Waals surface area contributed by atoms with Crippen molar-refractivity contribution in [3.05, 3.63) is 35.9 Å². The highest BCUT2D eigenvalue weighted by Crippen LogP contribution is 1.98. The van der Waals surface area contributed by atoms with Crippen molar-refractivity contribution in [3.8, 4) is 0 Å². The summed E-state index contributed by atoms with van der Waals surface area (Å²) in [6.07, 6.45) is 0.461. The summed E-state index contributed by atoms with van der Waals surface area (Å²) in [5, 5.41) is 6.14. The third-order valence-corrected chi connectivity index (χ3v) is 2.21. The van der Waals surface area contributed by atoms with Crippen molar-refractivity contribution in [3.63, 3.8) is 0 Å². The van der Waals surface area contributed by atoms with Gasteiger partial charge in [0.05, 0.1) is 6.42 Å². The average Bonchev–Trinajstić information content (AvgIpc) is 2.25. The first-order valence-corrected chi connectivity index (χ1v) is 5.72. The predicted molar refractivity (Wildman–Crippen MR) is 66.3 cm³/mol. The van der Waals surface area contributed by atoms with Crippen LogP contribution in [-0.2, 0) is 11.2 Å². The van der Waals surface area contributed by atoms with Crippen molar-refractivity contribution in [2.24, 2.45) is 0 Å². The summed E-state index contributed by atoms with van der Waals surface area (Å²) in [4.78, 5) is 11.5. The van der Waals surface area contributed by atoms with Crippen LogP contribution in [0.15, 0.2) is 30.3 Å². The molecule has 0 aliphatic carbocycles. The van der Waals surface area contributed by atoms with E-state index in [1.807, 2.05) is 30.3 Å². The molecule has 0 aromatic heterocycles.